The summed E-state index contributed by atoms with van der Waals surface area (Å²) in [4.78, 5) is 14.4. The van der Waals surface area contributed by atoms with Gasteiger partial charge in [0.15, 0.2) is 0 Å². The van der Waals surface area contributed by atoms with E-state index in [9.17, 15) is 4.79 Å². The van der Waals surface area contributed by atoms with Crippen LogP contribution < -0.4 is 5.73 Å². The molecule has 19 heavy (non-hydrogen) atoms. The lowest BCUT2D eigenvalue weighted by molar-refractivity contribution is -0.135. The van der Waals surface area contributed by atoms with Crippen molar-refractivity contribution >= 4 is 5.91 Å². The Morgan fingerprint density at radius 1 is 1.32 bits per heavy atom. The first-order chi connectivity index (χ1) is 8.95. The van der Waals surface area contributed by atoms with Gasteiger partial charge in [-0.15, -0.1) is 0 Å². The van der Waals surface area contributed by atoms with Crippen molar-refractivity contribution in [2.45, 2.75) is 65.8 Å². The van der Waals surface area contributed by atoms with Gasteiger partial charge in [-0.1, -0.05) is 20.8 Å². The monoisotopic (exact) mass is 268 g/mol. The number of nitrogens with zero attached hydrogens (tertiary/aromatic N) is 1. The Morgan fingerprint density at radius 2 is 2.00 bits per heavy atom. The third-order valence-corrected chi connectivity index (χ3v) is 4.67. The molecule has 1 aliphatic heterocycles. The molecular weight excluding hydrogens is 236 g/mol. The summed E-state index contributed by atoms with van der Waals surface area (Å²) in [6, 6.07) is 0.420. The number of carbonyl (C=O) groups excluding carboxylic acids is 1. The number of amides is 1. The topological polar surface area (TPSA) is 46.3 Å². The van der Waals surface area contributed by atoms with Crippen molar-refractivity contribution in [3.05, 3.63) is 0 Å². The first kappa shape index (κ1) is 16.5. The lowest BCUT2D eigenvalue weighted by Gasteiger charge is -2.37. The molecule has 112 valence electrons. The highest BCUT2D eigenvalue weighted by Gasteiger charge is 2.27. The van der Waals surface area contributed by atoms with Gasteiger partial charge in [-0.3, -0.25) is 4.79 Å². The Morgan fingerprint density at radius 3 is 2.53 bits per heavy atom. The van der Waals surface area contributed by atoms with Gasteiger partial charge < -0.3 is 10.6 Å². The van der Waals surface area contributed by atoms with Gasteiger partial charge in [0.25, 0.3) is 0 Å². The van der Waals surface area contributed by atoms with E-state index in [0.717, 1.165) is 44.7 Å². The maximum Gasteiger partial charge on any atom is 0.222 e. The van der Waals surface area contributed by atoms with E-state index in [1.807, 2.05) is 0 Å². The fourth-order valence-corrected chi connectivity index (χ4v) is 3.26. The first-order valence-corrected chi connectivity index (χ1v) is 7.95. The van der Waals surface area contributed by atoms with Crippen molar-refractivity contribution in [1.82, 2.24) is 4.90 Å². The number of rotatable bonds is 6. The zero-order chi connectivity index (χ0) is 14.4. The van der Waals surface area contributed by atoms with Crippen molar-refractivity contribution in [2.75, 3.05) is 13.1 Å². The molecule has 1 rings (SSSR count). The summed E-state index contributed by atoms with van der Waals surface area (Å²) in [5, 5.41) is 0. The van der Waals surface area contributed by atoms with Crippen molar-refractivity contribution in [1.29, 1.82) is 0 Å². The first-order valence-electron chi connectivity index (χ1n) is 7.95. The largest absolute Gasteiger partial charge is 0.340 e. The second-order valence-corrected chi connectivity index (χ2v) is 6.69. The normalized spacial score (nSPS) is 25.7. The molecule has 2 N–H and O–H groups in total. The third kappa shape index (κ3) is 5.13. The smallest absolute Gasteiger partial charge is 0.222 e. The van der Waals surface area contributed by atoms with E-state index in [1.54, 1.807) is 0 Å². The Balaban J connectivity index is 2.41. The Labute approximate surface area is 118 Å². The molecule has 0 aromatic rings. The van der Waals surface area contributed by atoms with Gasteiger partial charge in [0.05, 0.1) is 0 Å². The van der Waals surface area contributed by atoms with E-state index in [2.05, 4.69) is 32.6 Å². The number of carbonyl (C=O) groups is 1. The molecule has 0 bridgehead atoms. The predicted octanol–water partition coefficient (Wildman–Crippen LogP) is 3.03. The van der Waals surface area contributed by atoms with Crippen LogP contribution in [0, 0.1) is 17.8 Å². The summed E-state index contributed by atoms with van der Waals surface area (Å²) < 4.78 is 0. The lowest BCUT2D eigenvalue weighted by atomic mass is 9.87. The minimum Gasteiger partial charge on any atom is -0.340 e. The summed E-state index contributed by atoms with van der Waals surface area (Å²) >= 11 is 0. The van der Waals surface area contributed by atoms with Crippen molar-refractivity contribution in [3.63, 3.8) is 0 Å². The zero-order valence-corrected chi connectivity index (χ0v) is 13.2. The maximum atomic E-state index is 12.3. The minimum absolute atomic E-state index is 0.349. The molecule has 0 aliphatic carbocycles. The molecule has 3 nitrogen and oxygen atoms in total. The van der Waals surface area contributed by atoms with Crippen LogP contribution in [0.2, 0.25) is 0 Å². The Hall–Kier alpha value is -0.570. The van der Waals surface area contributed by atoms with E-state index >= 15 is 0 Å². The quantitative estimate of drug-likeness (QED) is 0.805. The summed E-state index contributed by atoms with van der Waals surface area (Å²) in [7, 11) is 0. The van der Waals surface area contributed by atoms with E-state index in [1.165, 1.54) is 0 Å². The molecular formula is C16H32N2O. The molecule has 1 fully saturated rings. The van der Waals surface area contributed by atoms with Crippen LogP contribution in [0.25, 0.3) is 0 Å². The van der Waals surface area contributed by atoms with Crippen LogP contribution in [0.3, 0.4) is 0 Å². The summed E-state index contributed by atoms with van der Waals surface area (Å²) in [6.07, 6.45) is 5.04. The van der Waals surface area contributed by atoms with Crippen LogP contribution in [0.15, 0.2) is 0 Å². The maximum absolute atomic E-state index is 12.3. The Kier molecular flexibility index (Phi) is 6.84. The highest BCUT2D eigenvalue weighted by Crippen LogP contribution is 2.25. The highest BCUT2D eigenvalue weighted by molar-refractivity contribution is 5.76. The molecule has 0 aromatic heterocycles. The molecule has 0 radical (unpaired) electrons. The van der Waals surface area contributed by atoms with Crippen LogP contribution in [-0.4, -0.2) is 29.9 Å². The second-order valence-electron chi connectivity index (χ2n) is 6.69. The van der Waals surface area contributed by atoms with Crippen LogP contribution >= 0.6 is 0 Å². The fourth-order valence-electron chi connectivity index (χ4n) is 3.26. The van der Waals surface area contributed by atoms with E-state index in [-0.39, 0.29) is 0 Å². The van der Waals surface area contributed by atoms with Gasteiger partial charge in [0, 0.05) is 19.0 Å². The molecule has 1 heterocycles. The third-order valence-electron chi connectivity index (χ3n) is 4.67. The Bertz CT molecular complexity index is 278. The molecule has 0 aromatic carbocycles. The number of likely N-dealkylation sites (tertiary alicyclic amines) is 1. The number of hydrogen-bond acceptors (Lipinski definition) is 2. The average molecular weight is 268 g/mol. The van der Waals surface area contributed by atoms with E-state index in [0.29, 0.717) is 30.2 Å². The van der Waals surface area contributed by atoms with Crippen LogP contribution in [0.4, 0.5) is 0 Å². The number of nitrogens with two attached hydrogens (primary N) is 1. The number of piperidine rings is 1. The number of hydrogen-bond donors (Lipinski definition) is 1. The van der Waals surface area contributed by atoms with Gasteiger partial charge in [0.2, 0.25) is 5.91 Å². The molecule has 1 saturated heterocycles. The minimum atomic E-state index is 0.349. The van der Waals surface area contributed by atoms with Gasteiger partial charge >= 0.3 is 0 Å². The molecule has 0 saturated carbocycles. The molecule has 3 atom stereocenters. The van der Waals surface area contributed by atoms with Crippen LogP contribution in [0.5, 0.6) is 0 Å². The van der Waals surface area contributed by atoms with E-state index < -0.39 is 0 Å². The van der Waals surface area contributed by atoms with Crippen molar-refractivity contribution < 1.29 is 4.79 Å². The average Bonchev–Trinajstić information content (AvgIpc) is 2.33. The van der Waals surface area contributed by atoms with Crippen LogP contribution in [0.1, 0.15) is 59.8 Å². The summed E-state index contributed by atoms with van der Waals surface area (Å²) in [5.41, 5.74) is 5.66. The molecule has 3 unspecified atom stereocenters. The van der Waals surface area contributed by atoms with Gasteiger partial charge in [0.1, 0.15) is 0 Å². The highest BCUT2D eigenvalue weighted by atomic mass is 16.2. The predicted molar refractivity (Wildman–Crippen MR) is 80.8 cm³/mol. The van der Waals surface area contributed by atoms with Crippen LogP contribution in [-0.2, 0) is 4.79 Å². The van der Waals surface area contributed by atoms with Crippen molar-refractivity contribution in [3.8, 4) is 0 Å². The lowest BCUT2D eigenvalue weighted by Crippen LogP contribution is -2.44. The molecule has 1 amide bonds. The molecule has 0 spiro atoms. The van der Waals surface area contributed by atoms with Crippen molar-refractivity contribution in [2.24, 2.45) is 23.5 Å². The second kappa shape index (κ2) is 7.88. The van der Waals surface area contributed by atoms with Gasteiger partial charge in [-0.25, -0.2) is 0 Å². The summed E-state index contributed by atoms with van der Waals surface area (Å²) in [5.74, 6) is 2.32. The van der Waals surface area contributed by atoms with E-state index in [4.69, 9.17) is 5.73 Å². The SMILES string of the molecule is CC1CCN(C(=O)CCC(CCN)C(C)C)C(C)C1. The molecule has 1 aliphatic rings. The molecule has 3 heteroatoms. The summed E-state index contributed by atoms with van der Waals surface area (Å²) in [6.45, 7) is 10.6. The zero-order valence-electron chi connectivity index (χ0n) is 13.2. The fraction of sp³-hybridized carbons (Fsp3) is 0.938. The van der Waals surface area contributed by atoms with Gasteiger partial charge in [-0.2, -0.15) is 0 Å². The van der Waals surface area contributed by atoms with Gasteiger partial charge in [-0.05, 0) is 56.9 Å². The standard InChI is InChI=1S/C16H32N2O/c1-12(2)15(7-9-17)5-6-16(19)18-10-8-13(3)11-14(18)4/h12-15H,5-11,17H2,1-4H3.